The van der Waals surface area contributed by atoms with Gasteiger partial charge in [0, 0.05) is 24.2 Å². The van der Waals surface area contributed by atoms with Crippen molar-refractivity contribution in [2.45, 2.75) is 26.4 Å². The van der Waals surface area contributed by atoms with Crippen LogP contribution in [0.25, 0.3) is 0 Å². The van der Waals surface area contributed by atoms with Crippen molar-refractivity contribution in [3.63, 3.8) is 0 Å². The summed E-state index contributed by atoms with van der Waals surface area (Å²) in [6, 6.07) is 3.67. The van der Waals surface area contributed by atoms with Crippen LogP contribution in [0.15, 0.2) is 18.2 Å². The maximum Gasteiger partial charge on any atom is 0.242 e. The summed E-state index contributed by atoms with van der Waals surface area (Å²) in [5.41, 5.74) is 5.92. The average Bonchev–Trinajstić information content (AvgIpc) is 2.47. The summed E-state index contributed by atoms with van der Waals surface area (Å²) in [4.78, 5) is 25.0. The zero-order valence-electron chi connectivity index (χ0n) is 13.3. The first-order valence-corrected chi connectivity index (χ1v) is 7.32. The van der Waals surface area contributed by atoms with E-state index in [2.05, 4.69) is 5.32 Å². The molecule has 8 heteroatoms. The Morgan fingerprint density at radius 3 is 2.52 bits per heavy atom. The average molecular weight is 366 g/mol. The van der Waals surface area contributed by atoms with Crippen LogP contribution in [0.3, 0.4) is 0 Å². The van der Waals surface area contributed by atoms with Crippen LogP contribution in [0, 0.1) is 11.7 Å². The molecule has 0 aliphatic carbocycles. The maximum absolute atomic E-state index is 13.7. The second kappa shape index (κ2) is 9.70. The fourth-order valence-electron chi connectivity index (χ4n) is 1.73. The molecule has 5 nitrogen and oxygen atoms in total. The van der Waals surface area contributed by atoms with Crippen LogP contribution < -0.4 is 11.1 Å². The normalized spacial score (nSPS) is 11.6. The highest BCUT2D eigenvalue weighted by molar-refractivity contribution is 6.31. The molecule has 23 heavy (non-hydrogen) atoms. The highest BCUT2D eigenvalue weighted by Gasteiger charge is 2.19. The number of carbonyl (C=O) groups is 2. The molecule has 0 aromatic heterocycles. The standard InChI is InChI=1S/C15H21ClFN3O2.ClH/c1-9(2)14(18)15(22)19-7-13(21)20(3)8-10-11(16)5-4-6-12(10)17;/h4-6,9,14H,7-8,18H2,1-3H3,(H,19,22);1H/t14-;/m0./s1. The molecule has 0 fully saturated rings. The second-order valence-corrected chi connectivity index (χ2v) is 5.84. The van der Waals surface area contributed by atoms with Crippen molar-refractivity contribution in [3.8, 4) is 0 Å². The summed E-state index contributed by atoms with van der Waals surface area (Å²) < 4.78 is 13.7. The summed E-state index contributed by atoms with van der Waals surface area (Å²) in [6.45, 7) is 3.47. The van der Waals surface area contributed by atoms with E-state index in [0.717, 1.165) is 0 Å². The summed E-state index contributed by atoms with van der Waals surface area (Å²) in [5, 5.41) is 2.73. The van der Waals surface area contributed by atoms with Gasteiger partial charge in [0.2, 0.25) is 11.8 Å². The first-order chi connectivity index (χ1) is 10.2. The lowest BCUT2D eigenvalue weighted by molar-refractivity contribution is -0.132. The van der Waals surface area contributed by atoms with Gasteiger partial charge in [-0.2, -0.15) is 0 Å². The van der Waals surface area contributed by atoms with E-state index in [1.165, 1.54) is 24.1 Å². The van der Waals surface area contributed by atoms with E-state index in [0.29, 0.717) is 0 Å². The van der Waals surface area contributed by atoms with Crippen LogP contribution in [0.1, 0.15) is 19.4 Å². The lowest BCUT2D eigenvalue weighted by Gasteiger charge is -2.20. The monoisotopic (exact) mass is 365 g/mol. The Bertz CT molecular complexity index is 535. The molecule has 0 radical (unpaired) electrons. The van der Waals surface area contributed by atoms with E-state index in [1.807, 2.05) is 13.8 Å². The number of hydrogen-bond donors (Lipinski definition) is 2. The summed E-state index contributed by atoms with van der Waals surface area (Å²) >= 11 is 5.92. The van der Waals surface area contributed by atoms with Gasteiger partial charge in [-0.15, -0.1) is 12.4 Å². The molecule has 0 heterocycles. The molecule has 0 aliphatic heterocycles. The Labute approximate surface area is 146 Å². The van der Waals surface area contributed by atoms with Crippen molar-refractivity contribution in [2.75, 3.05) is 13.6 Å². The molecular weight excluding hydrogens is 344 g/mol. The fraction of sp³-hybridized carbons (Fsp3) is 0.467. The van der Waals surface area contributed by atoms with Crippen LogP contribution in [-0.4, -0.2) is 36.3 Å². The third-order valence-corrected chi connectivity index (χ3v) is 3.67. The topological polar surface area (TPSA) is 75.4 Å². The van der Waals surface area contributed by atoms with Crippen molar-refractivity contribution >= 4 is 35.8 Å². The van der Waals surface area contributed by atoms with Gasteiger partial charge in [-0.05, 0) is 18.1 Å². The van der Waals surface area contributed by atoms with Gasteiger partial charge in [0.15, 0.2) is 0 Å². The minimum atomic E-state index is -0.667. The number of nitrogens with zero attached hydrogens (tertiary/aromatic N) is 1. The summed E-state index contributed by atoms with van der Waals surface area (Å²) in [6.07, 6.45) is 0. The van der Waals surface area contributed by atoms with Gasteiger partial charge in [-0.3, -0.25) is 9.59 Å². The van der Waals surface area contributed by atoms with Gasteiger partial charge in [0.05, 0.1) is 12.6 Å². The SMILES string of the molecule is CC(C)[C@H](N)C(=O)NCC(=O)N(C)Cc1c(F)cccc1Cl.Cl. The van der Waals surface area contributed by atoms with Crippen molar-refractivity contribution < 1.29 is 14.0 Å². The van der Waals surface area contributed by atoms with Gasteiger partial charge in [0.25, 0.3) is 0 Å². The van der Waals surface area contributed by atoms with Crippen LogP contribution in [0.4, 0.5) is 4.39 Å². The van der Waals surface area contributed by atoms with Gasteiger partial charge in [-0.1, -0.05) is 31.5 Å². The molecule has 1 atom stereocenters. The van der Waals surface area contributed by atoms with E-state index in [-0.39, 0.29) is 53.8 Å². The zero-order valence-corrected chi connectivity index (χ0v) is 14.9. The number of rotatable bonds is 6. The number of hydrogen-bond acceptors (Lipinski definition) is 3. The molecule has 1 aromatic carbocycles. The van der Waals surface area contributed by atoms with Crippen molar-refractivity contribution in [3.05, 3.63) is 34.6 Å². The quantitative estimate of drug-likeness (QED) is 0.808. The number of carbonyl (C=O) groups excluding carboxylic acids is 2. The largest absolute Gasteiger partial charge is 0.346 e. The van der Waals surface area contributed by atoms with Crippen molar-refractivity contribution in [1.29, 1.82) is 0 Å². The van der Waals surface area contributed by atoms with Crippen LogP contribution in [0.5, 0.6) is 0 Å². The number of nitrogens with two attached hydrogens (primary N) is 1. The fourth-order valence-corrected chi connectivity index (χ4v) is 1.95. The molecule has 0 aliphatic rings. The zero-order chi connectivity index (χ0) is 16.9. The van der Waals surface area contributed by atoms with Gasteiger partial charge in [-0.25, -0.2) is 4.39 Å². The lowest BCUT2D eigenvalue weighted by atomic mass is 10.1. The van der Waals surface area contributed by atoms with E-state index < -0.39 is 11.9 Å². The second-order valence-electron chi connectivity index (χ2n) is 5.44. The van der Waals surface area contributed by atoms with Crippen molar-refractivity contribution in [1.82, 2.24) is 10.2 Å². The first kappa shape index (κ1) is 21.6. The van der Waals surface area contributed by atoms with Crippen LogP contribution in [-0.2, 0) is 16.1 Å². The van der Waals surface area contributed by atoms with Gasteiger partial charge in [0.1, 0.15) is 5.82 Å². The van der Waals surface area contributed by atoms with Crippen molar-refractivity contribution in [2.24, 2.45) is 11.7 Å². The highest BCUT2D eigenvalue weighted by Crippen LogP contribution is 2.20. The molecular formula is C15H22Cl2FN3O2. The minimum absolute atomic E-state index is 0. The number of amides is 2. The Balaban J connectivity index is 0.00000484. The van der Waals surface area contributed by atoms with E-state index in [4.69, 9.17) is 17.3 Å². The lowest BCUT2D eigenvalue weighted by Crippen LogP contribution is -2.47. The molecule has 1 aromatic rings. The number of likely N-dealkylation sites (N-methyl/N-ethyl adjacent to an activating group) is 1. The Hall–Kier alpha value is -1.37. The molecule has 2 amide bonds. The molecule has 0 saturated heterocycles. The Morgan fingerprint density at radius 2 is 2.00 bits per heavy atom. The number of halogens is 3. The minimum Gasteiger partial charge on any atom is -0.346 e. The van der Waals surface area contributed by atoms with Gasteiger partial charge >= 0.3 is 0 Å². The number of benzene rings is 1. The van der Waals surface area contributed by atoms with E-state index >= 15 is 0 Å². The summed E-state index contributed by atoms with van der Waals surface area (Å²) in [7, 11) is 1.51. The Kier molecular flexibility index (Phi) is 9.12. The van der Waals surface area contributed by atoms with Crippen LogP contribution >= 0.6 is 24.0 Å². The van der Waals surface area contributed by atoms with E-state index in [1.54, 1.807) is 6.07 Å². The van der Waals surface area contributed by atoms with Gasteiger partial charge < -0.3 is 16.0 Å². The molecule has 0 saturated carbocycles. The van der Waals surface area contributed by atoms with Crippen LogP contribution in [0.2, 0.25) is 5.02 Å². The first-order valence-electron chi connectivity index (χ1n) is 6.94. The molecule has 0 unspecified atom stereocenters. The molecule has 0 spiro atoms. The predicted molar refractivity (Wildman–Crippen MR) is 91.0 cm³/mol. The van der Waals surface area contributed by atoms with E-state index in [9.17, 15) is 14.0 Å². The third kappa shape index (κ3) is 6.33. The molecule has 1 rings (SSSR count). The highest BCUT2D eigenvalue weighted by atomic mass is 35.5. The summed E-state index contributed by atoms with van der Waals surface area (Å²) in [5.74, 6) is -1.24. The maximum atomic E-state index is 13.7. The smallest absolute Gasteiger partial charge is 0.242 e. The third-order valence-electron chi connectivity index (χ3n) is 3.32. The predicted octanol–water partition coefficient (Wildman–Crippen LogP) is 1.96. The Morgan fingerprint density at radius 1 is 1.39 bits per heavy atom. The molecule has 130 valence electrons. The molecule has 0 bridgehead atoms. The molecule has 3 N–H and O–H groups in total. The number of nitrogens with one attached hydrogen (secondary N) is 1.